The summed E-state index contributed by atoms with van der Waals surface area (Å²) in [4.78, 5) is 0. The van der Waals surface area contributed by atoms with Crippen molar-refractivity contribution < 1.29 is 8.42 Å². The zero-order valence-corrected chi connectivity index (χ0v) is 7.48. The van der Waals surface area contributed by atoms with E-state index in [1.54, 1.807) is 13.8 Å². The van der Waals surface area contributed by atoms with E-state index < -0.39 is 15.4 Å². The molecule has 0 saturated carbocycles. The van der Waals surface area contributed by atoms with Gasteiger partial charge in [0.05, 0.1) is 11.8 Å². The molecule has 0 aliphatic heterocycles. The predicted octanol–water partition coefficient (Wildman–Crippen LogP) is 0.215. The zero-order chi connectivity index (χ0) is 9.12. The Morgan fingerprint density at radius 3 is 2.27 bits per heavy atom. The van der Waals surface area contributed by atoms with E-state index >= 15 is 0 Å². The summed E-state index contributed by atoms with van der Waals surface area (Å²) in [6.45, 7) is 3.39. The number of rotatable bonds is 3. The molecule has 0 saturated heterocycles. The molecule has 0 spiro atoms. The van der Waals surface area contributed by atoms with Gasteiger partial charge in [-0.2, -0.15) is 5.26 Å². The third-order valence-electron chi connectivity index (χ3n) is 1.15. The summed E-state index contributed by atoms with van der Waals surface area (Å²) in [7, 11) is -3.46. The summed E-state index contributed by atoms with van der Waals surface area (Å²) in [5.41, 5.74) is -0.539. The van der Waals surface area contributed by atoms with Crippen molar-refractivity contribution in [1.29, 1.82) is 5.26 Å². The molecule has 0 aromatic heterocycles. The highest BCUT2D eigenvalue weighted by molar-refractivity contribution is 7.89. The van der Waals surface area contributed by atoms with Gasteiger partial charge in [0.2, 0.25) is 10.0 Å². The van der Waals surface area contributed by atoms with E-state index in [0.29, 0.717) is 0 Å². The number of nitrogens with two attached hydrogens (primary N) is 1. The molecule has 0 rings (SSSR count). The lowest BCUT2D eigenvalue weighted by Gasteiger charge is -2.18. The smallest absolute Gasteiger partial charge is 0.209 e. The fourth-order valence-electron chi connectivity index (χ4n) is 0.810. The third-order valence-corrected chi connectivity index (χ3v) is 2.33. The Balaban J connectivity index is 4.27. The second kappa shape index (κ2) is 3.20. The number of sulfonamides is 1. The van der Waals surface area contributed by atoms with Crippen molar-refractivity contribution >= 4 is 10.0 Å². The zero-order valence-electron chi connectivity index (χ0n) is 6.66. The summed E-state index contributed by atoms with van der Waals surface area (Å²) in [5, 5.41) is 13.1. The van der Waals surface area contributed by atoms with Crippen molar-refractivity contribution in [2.45, 2.75) is 20.3 Å². The van der Waals surface area contributed by atoms with Crippen LogP contribution in [0, 0.1) is 16.7 Å². The number of hydrogen-bond acceptors (Lipinski definition) is 3. The molecule has 64 valence electrons. The second-order valence-electron chi connectivity index (χ2n) is 3.31. The number of primary sulfonamides is 1. The Kier molecular flexibility index (Phi) is 3.02. The highest BCUT2D eigenvalue weighted by Gasteiger charge is 2.23. The van der Waals surface area contributed by atoms with Crippen LogP contribution in [-0.2, 0) is 10.0 Å². The van der Waals surface area contributed by atoms with Crippen LogP contribution in [0.3, 0.4) is 0 Å². The molecule has 0 aliphatic carbocycles. The molecule has 0 fully saturated rings. The number of nitrogens with zero attached hydrogens (tertiary/aromatic N) is 1. The lowest BCUT2D eigenvalue weighted by molar-refractivity contribution is 0.423. The standard InChI is InChI=1S/C6H12N2O2S/c1-6(2,3-4-7)5-11(8,9)10/h3,5H2,1-2H3,(H2,8,9,10). The monoisotopic (exact) mass is 176 g/mol. The van der Waals surface area contributed by atoms with Crippen LogP contribution in [0.4, 0.5) is 0 Å². The first-order chi connectivity index (χ1) is 4.77. The van der Waals surface area contributed by atoms with Crippen LogP contribution in [0.2, 0.25) is 0 Å². The first-order valence-electron chi connectivity index (χ1n) is 3.14. The van der Waals surface area contributed by atoms with Gasteiger partial charge >= 0.3 is 0 Å². The summed E-state index contributed by atoms with van der Waals surface area (Å²) in [5.74, 6) is -0.145. The number of nitriles is 1. The maximum Gasteiger partial charge on any atom is 0.209 e. The molecule has 0 aromatic carbocycles. The lowest BCUT2D eigenvalue weighted by atomic mass is 9.93. The van der Waals surface area contributed by atoms with Crippen LogP contribution in [0.5, 0.6) is 0 Å². The van der Waals surface area contributed by atoms with Gasteiger partial charge in [-0.25, -0.2) is 13.6 Å². The molecule has 2 N–H and O–H groups in total. The molecule has 5 heteroatoms. The summed E-state index contributed by atoms with van der Waals surface area (Å²) in [6.07, 6.45) is 0.198. The molecular formula is C6H12N2O2S. The normalized spacial score (nSPS) is 12.5. The van der Waals surface area contributed by atoms with E-state index in [9.17, 15) is 8.42 Å². The molecule has 0 radical (unpaired) electrons. The van der Waals surface area contributed by atoms with Gasteiger partial charge in [0, 0.05) is 6.42 Å². The molecule has 0 bridgehead atoms. The first kappa shape index (κ1) is 10.4. The van der Waals surface area contributed by atoms with Gasteiger partial charge in [-0.05, 0) is 5.41 Å². The Bertz CT molecular complexity index is 261. The second-order valence-corrected chi connectivity index (χ2v) is 4.92. The van der Waals surface area contributed by atoms with Crippen LogP contribution < -0.4 is 5.14 Å². The van der Waals surface area contributed by atoms with Crippen molar-refractivity contribution in [3.63, 3.8) is 0 Å². The summed E-state index contributed by atoms with van der Waals surface area (Å²) in [6, 6.07) is 1.91. The molecular weight excluding hydrogens is 164 g/mol. The Morgan fingerprint density at radius 1 is 1.55 bits per heavy atom. The van der Waals surface area contributed by atoms with E-state index in [-0.39, 0.29) is 12.2 Å². The van der Waals surface area contributed by atoms with Crippen molar-refractivity contribution in [2.24, 2.45) is 10.6 Å². The molecule has 0 unspecified atom stereocenters. The Morgan fingerprint density at radius 2 is 2.00 bits per heavy atom. The van der Waals surface area contributed by atoms with Crippen molar-refractivity contribution in [1.82, 2.24) is 0 Å². The minimum absolute atomic E-state index is 0.145. The highest BCUT2D eigenvalue weighted by atomic mass is 32.2. The van der Waals surface area contributed by atoms with Crippen molar-refractivity contribution in [3.05, 3.63) is 0 Å². The summed E-state index contributed by atoms with van der Waals surface area (Å²) >= 11 is 0. The minimum atomic E-state index is -3.46. The molecule has 0 aromatic rings. The van der Waals surface area contributed by atoms with Crippen LogP contribution in [-0.4, -0.2) is 14.2 Å². The molecule has 11 heavy (non-hydrogen) atoms. The van der Waals surface area contributed by atoms with Crippen LogP contribution in [0.25, 0.3) is 0 Å². The third kappa shape index (κ3) is 5.83. The highest BCUT2D eigenvalue weighted by Crippen LogP contribution is 2.20. The molecule has 0 atom stereocenters. The minimum Gasteiger partial charge on any atom is -0.229 e. The van der Waals surface area contributed by atoms with E-state index in [1.165, 1.54) is 0 Å². The van der Waals surface area contributed by atoms with Gasteiger partial charge in [0.25, 0.3) is 0 Å². The molecule has 0 amide bonds. The van der Waals surface area contributed by atoms with E-state index in [2.05, 4.69) is 0 Å². The van der Waals surface area contributed by atoms with Crippen molar-refractivity contribution in [3.8, 4) is 6.07 Å². The van der Waals surface area contributed by atoms with E-state index in [0.717, 1.165) is 0 Å². The summed E-state index contributed by atoms with van der Waals surface area (Å²) < 4.78 is 21.2. The average Bonchev–Trinajstić information content (AvgIpc) is 1.55. The van der Waals surface area contributed by atoms with Gasteiger partial charge in [-0.1, -0.05) is 13.8 Å². The van der Waals surface area contributed by atoms with Gasteiger partial charge in [0.1, 0.15) is 0 Å². The van der Waals surface area contributed by atoms with Gasteiger partial charge in [0.15, 0.2) is 0 Å². The van der Waals surface area contributed by atoms with Crippen LogP contribution in [0.1, 0.15) is 20.3 Å². The maximum absolute atomic E-state index is 10.6. The molecule has 4 nitrogen and oxygen atoms in total. The quantitative estimate of drug-likeness (QED) is 0.667. The average molecular weight is 176 g/mol. The lowest BCUT2D eigenvalue weighted by Crippen LogP contribution is -2.28. The first-order valence-corrected chi connectivity index (χ1v) is 4.86. The molecule has 0 aliphatic rings. The predicted molar refractivity (Wildman–Crippen MR) is 42.0 cm³/mol. The maximum atomic E-state index is 10.6. The number of hydrogen-bond donors (Lipinski definition) is 1. The van der Waals surface area contributed by atoms with E-state index in [4.69, 9.17) is 10.4 Å². The SMILES string of the molecule is CC(C)(CC#N)CS(N)(=O)=O. The van der Waals surface area contributed by atoms with Crippen LogP contribution in [0.15, 0.2) is 0 Å². The van der Waals surface area contributed by atoms with Crippen molar-refractivity contribution in [2.75, 3.05) is 5.75 Å². The fraction of sp³-hybridized carbons (Fsp3) is 0.833. The van der Waals surface area contributed by atoms with Gasteiger partial charge in [-0.15, -0.1) is 0 Å². The van der Waals surface area contributed by atoms with Crippen LogP contribution >= 0.6 is 0 Å². The Labute approximate surface area is 67.1 Å². The topological polar surface area (TPSA) is 83.9 Å². The molecule has 0 heterocycles. The van der Waals surface area contributed by atoms with Gasteiger partial charge < -0.3 is 0 Å². The van der Waals surface area contributed by atoms with E-state index in [1.807, 2.05) is 6.07 Å². The Hall–Kier alpha value is -0.600. The fourth-order valence-corrected chi connectivity index (χ4v) is 2.00. The van der Waals surface area contributed by atoms with Gasteiger partial charge in [-0.3, -0.25) is 0 Å². The largest absolute Gasteiger partial charge is 0.229 e.